The highest BCUT2D eigenvalue weighted by Gasteiger charge is 2.38. The number of nitro groups is 1. The van der Waals surface area contributed by atoms with Crippen LogP contribution in [0.1, 0.15) is 35.1 Å². The molecule has 5 nitrogen and oxygen atoms in total. The van der Waals surface area contributed by atoms with Gasteiger partial charge in [-0.05, 0) is 42.0 Å². The molecule has 0 unspecified atom stereocenters. The number of para-hydroxylation sites is 1. The van der Waals surface area contributed by atoms with E-state index in [1.54, 1.807) is 12.1 Å². The lowest BCUT2D eigenvalue weighted by molar-refractivity contribution is -0.385. The first kappa shape index (κ1) is 15.7. The minimum absolute atomic E-state index is 0.0138. The first-order valence-corrected chi connectivity index (χ1v) is 8.45. The number of anilines is 1. The first-order valence-electron chi connectivity index (χ1n) is 8.45. The van der Waals surface area contributed by atoms with Crippen molar-refractivity contribution >= 4 is 11.4 Å². The van der Waals surface area contributed by atoms with Gasteiger partial charge >= 0.3 is 5.69 Å². The maximum atomic E-state index is 11.4. The van der Waals surface area contributed by atoms with E-state index in [1.807, 2.05) is 6.07 Å². The Morgan fingerprint density at radius 2 is 2.12 bits per heavy atom. The number of aryl methyl sites for hydroxylation is 1. The maximum Gasteiger partial charge on any atom is 0.311 e. The van der Waals surface area contributed by atoms with Crippen LogP contribution in [0.15, 0.2) is 48.6 Å². The Hall–Kier alpha value is -2.82. The predicted octanol–water partition coefficient (Wildman–Crippen LogP) is 4.74. The van der Waals surface area contributed by atoms with Crippen molar-refractivity contribution < 1.29 is 9.66 Å². The fourth-order valence-electron chi connectivity index (χ4n) is 4.15. The average molecular weight is 336 g/mol. The molecule has 4 rings (SSSR count). The van der Waals surface area contributed by atoms with E-state index in [-0.39, 0.29) is 16.7 Å². The van der Waals surface area contributed by atoms with E-state index in [9.17, 15) is 10.1 Å². The van der Waals surface area contributed by atoms with E-state index in [2.05, 4.69) is 42.6 Å². The van der Waals surface area contributed by atoms with Crippen LogP contribution in [0.5, 0.6) is 5.75 Å². The van der Waals surface area contributed by atoms with Crippen molar-refractivity contribution in [2.75, 3.05) is 12.4 Å². The summed E-state index contributed by atoms with van der Waals surface area (Å²) in [6.07, 6.45) is 5.46. The average Bonchev–Trinajstić information content (AvgIpc) is 3.11. The van der Waals surface area contributed by atoms with Crippen molar-refractivity contribution in [1.29, 1.82) is 0 Å². The third kappa shape index (κ3) is 2.47. The third-order valence-corrected chi connectivity index (χ3v) is 5.36. The van der Waals surface area contributed by atoms with Gasteiger partial charge in [-0.2, -0.15) is 0 Å². The summed E-state index contributed by atoms with van der Waals surface area (Å²) >= 11 is 0. The molecule has 0 radical (unpaired) electrons. The number of fused-ring (bicyclic) bond motifs is 3. The van der Waals surface area contributed by atoms with Crippen molar-refractivity contribution in [3.8, 4) is 5.75 Å². The molecular weight excluding hydrogens is 316 g/mol. The summed E-state index contributed by atoms with van der Waals surface area (Å²) in [6.45, 7) is 2.10. The molecule has 2 aliphatic rings. The van der Waals surface area contributed by atoms with Gasteiger partial charge in [-0.3, -0.25) is 10.1 Å². The summed E-state index contributed by atoms with van der Waals surface area (Å²) in [7, 11) is 1.46. The zero-order valence-electron chi connectivity index (χ0n) is 14.2. The molecule has 128 valence electrons. The van der Waals surface area contributed by atoms with Crippen LogP contribution in [0, 0.1) is 23.0 Å². The number of methoxy groups -OCH3 is 1. The molecule has 0 aromatic heterocycles. The standard InChI is InChI=1S/C20H20N2O3/c1-12-5-3-7-15-14-6-4-8-16(14)20(21-19(12)15)13-9-10-18(25-2)17(11-13)22(23)24/h3-7,9-11,14,16,20-21H,8H2,1-2H3/t14-,16-,20-/m0/s1. The number of rotatable bonds is 3. The molecule has 0 saturated heterocycles. The van der Waals surface area contributed by atoms with E-state index >= 15 is 0 Å². The second kappa shape index (κ2) is 5.92. The number of hydrogen-bond acceptors (Lipinski definition) is 4. The van der Waals surface area contributed by atoms with Crippen LogP contribution in [0.3, 0.4) is 0 Å². The smallest absolute Gasteiger partial charge is 0.311 e. The molecule has 1 aliphatic carbocycles. The molecular formula is C20H20N2O3. The lowest BCUT2D eigenvalue weighted by Crippen LogP contribution is -2.29. The van der Waals surface area contributed by atoms with Crippen LogP contribution in [-0.2, 0) is 0 Å². The molecule has 5 heteroatoms. The quantitative estimate of drug-likeness (QED) is 0.499. The van der Waals surface area contributed by atoms with Crippen molar-refractivity contribution in [3.05, 3.63) is 75.4 Å². The van der Waals surface area contributed by atoms with Crippen molar-refractivity contribution in [1.82, 2.24) is 0 Å². The molecule has 3 atom stereocenters. The van der Waals surface area contributed by atoms with Gasteiger partial charge in [0.2, 0.25) is 0 Å². The van der Waals surface area contributed by atoms with Crippen LogP contribution in [0.4, 0.5) is 11.4 Å². The van der Waals surface area contributed by atoms with Crippen LogP contribution < -0.4 is 10.1 Å². The van der Waals surface area contributed by atoms with Gasteiger partial charge in [-0.1, -0.05) is 36.4 Å². The topological polar surface area (TPSA) is 64.4 Å². The van der Waals surface area contributed by atoms with Crippen molar-refractivity contribution in [2.24, 2.45) is 5.92 Å². The van der Waals surface area contributed by atoms with Gasteiger partial charge in [0.05, 0.1) is 18.1 Å². The fraction of sp³-hybridized carbons (Fsp3) is 0.300. The molecule has 0 spiro atoms. The number of hydrogen-bond donors (Lipinski definition) is 1. The normalized spacial score (nSPS) is 23.5. The number of nitrogens with one attached hydrogen (secondary N) is 1. The molecule has 25 heavy (non-hydrogen) atoms. The molecule has 0 fully saturated rings. The second-order valence-electron chi connectivity index (χ2n) is 6.70. The maximum absolute atomic E-state index is 11.4. The van der Waals surface area contributed by atoms with Gasteiger partial charge in [-0.25, -0.2) is 0 Å². The monoisotopic (exact) mass is 336 g/mol. The van der Waals surface area contributed by atoms with Crippen molar-refractivity contribution in [2.45, 2.75) is 25.3 Å². The van der Waals surface area contributed by atoms with E-state index in [0.29, 0.717) is 17.6 Å². The molecule has 0 amide bonds. The number of benzene rings is 2. The van der Waals surface area contributed by atoms with Gasteiger partial charge in [0.25, 0.3) is 0 Å². The van der Waals surface area contributed by atoms with E-state index < -0.39 is 0 Å². The summed E-state index contributed by atoms with van der Waals surface area (Å²) in [5.41, 5.74) is 4.61. The molecule has 1 N–H and O–H groups in total. The molecule has 1 aliphatic heterocycles. The summed E-state index contributed by atoms with van der Waals surface area (Å²) in [6, 6.07) is 11.7. The van der Waals surface area contributed by atoms with Crippen LogP contribution >= 0.6 is 0 Å². The molecule has 2 aromatic carbocycles. The number of ether oxygens (including phenoxy) is 1. The van der Waals surface area contributed by atoms with E-state index in [4.69, 9.17) is 4.74 Å². The Kier molecular flexibility index (Phi) is 3.71. The van der Waals surface area contributed by atoms with Gasteiger partial charge in [0.1, 0.15) is 0 Å². The van der Waals surface area contributed by atoms with Gasteiger partial charge in [0.15, 0.2) is 5.75 Å². The number of nitro benzene ring substituents is 1. The van der Waals surface area contributed by atoms with E-state index in [1.165, 1.54) is 18.2 Å². The van der Waals surface area contributed by atoms with Crippen LogP contribution in [0.25, 0.3) is 0 Å². The second-order valence-corrected chi connectivity index (χ2v) is 6.70. The zero-order chi connectivity index (χ0) is 17.6. The minimum Gasteiger partial charge on any atom is -0.490 e. The Bertz CT molecular complexity index is 875. The molecule has 0 bridgehead atoms. The predicted molar refractivity (Wildman–Crippen MR) is 97.2 cm³/mol. The highest BCUT2D eigenvalue weighted by Crippen LogP contribution is 2.51. The zero-order valence-corrected chi connectivity index (χ0v) is 14.2. The van der Waals surface area contributed by atoms with E-state index in [0.717, 1.165) is 17.7 Å². The summed E-state index contributed by atoms with van der Waals surface area (Å²) < 4.78 is 5.14. The number of nitrogens with zero attached hydrogens (tertiary/aromatic N) is 1. The first-order chi connectivity index (χ1) is 12.1. The number of allylic oxidation sites excluding steroid dienone is 2. The minimum atomic E-state index is -0.380. The van der Waals surface area contributed by atoms with Crippen LogP contribution in [0.2, 0.25) is 0 Å². The van der Waals surface area contributed by atoms with Gasteiger partial charge in [-0.15, -0.1) is 0 Å². The Morgan fingerprint density at radius 1 is 1.28 bits per heavy atom. The largest absolute Gasteiger partial charge is 0.490 e. The lowest BCUT2D eigenvalue weighted by atomic mass is 9.76. The van der Waals surface area contributed by atoms with Crippen LogP contribution in [-0.4, -0.2) is 12.0 Å². The molecule has 1 heterocycles. The highest BCUT2D eigenvalue weighted by atomic mass is 16.6. The summed E-state index contributed by atoms with van der Waals surface area (Å²) in [5.74, 6) is 1.01. The Morgan fingerprint density at radius 3 is 2.88 bits per heavy atom. The lowest BCUT2D eigenvalue weighted by Gasteiger charge is -2.38. The van der Waals surface area contributed by atoms with Gasteiger partial charge < -0.3 is 10.1 Å². The Balaban J connectivity index is 1.80. The fourth-order valence-corrected chi connectivity index (χ4v) is 4.15. The SMILES string of the molecule is COc1ccc([C@@H]2Nc3c(C)cccc3[C@@H]3C=CC[C@@H]32)cc1[N+](=O)[O-]. The third-order valence-electron chi connectivity index (χ3n) is 5.36. The molecule has 0 saturated carbocycles. The summed E-state index contributed by atoms with van der Waals surface area (Å²) in [4.78, 5) is 11.0. The summed E-state index contributed by atoms with van der Waals surface area (Å²) in [5, 5.41) is 15.0. The highest BCUT2D eigenvalue weighted by molar-refractivity contribution is 5.64. The Labute approximate surface area is 146 Å². The van der Waals surface area contributed by atoms with Gasteiger partial charge in [0, 0.05) is 17.7 Å². The van der Waals surface area contributed by atoms with Crippen molar-refractivity contribution in [3.63, 3.8) is 0 Å². The molecule has 2 aromatic rings.